The maximum absolute atomic E-state index is 6.05. The van der Waals surface area contributed by atoms with Crippen LogP contribution in [0.2, 0.25) is 5.02 Å². The molecule has 1 aliphatic carbocycles. The van der Waals surface area contributed by atoms with Crippen LogP contribution in [0.4, 0.5) is 5.69 Å². The molecule has 6 heteroatoms. The van der Waals surface area contributed by atoms with E-state index in [1.54, 1.807) is 0 Å². The second-order valence-electron chi connectivity index (χ2n) is 6.98. The van der Waals surface area contributed by atoms with Gasteiger partial charge in [0.05, 0.1) is 11.2 Å². The molecule has 1 fully saturated rings. The van der Waals surface area contributed by atoms with E-state index >= 15 is 0 Å². The van der Waals surface area contributed by atoms with Crippen molar-refractivity contribution in [2.75, 3.05) is 5.32 Å². The Morgan fingerprint density at radius 2 is 1.73 bits per heavy atom. The van der Waals surface area contributed by atoms with E-state index in [2.05, 4.69) is 39.9 Å². The first-order chi connectivity index (χ1) is 12.7. The molecule has 134 valence electrons. The fraction of sp³-hybridized carbons (Fsp3) is 0.350. The summed E-state index contributed by atoms with van der Waals surface area (Å²) in [5, 5.41) is 17.3. The predicted octanol–water partition coefficient (Wildman–Crippen LogP) is 4.90. The number of anilines is 1. The molecule has 0 radical (unpaired) electrons. The SMILES string of the molecule is Cc1ccccc1-n1nnnc1C1(Nc2ccc(Cl)cc2)CCCCC1. The molecule has 5 nitrogen and oxygen atoms in total. The van der Waals surface area contributed by atoms with Crippen LogP contribution in [0.3, 0.4) is 0 Å². The van der Waals surface area contributed by atoms with E-state index in [9.17, 15) is 0 Å². The van der Waals surface area contributed by atoms with Gasteiger partial charge < -0.3 is 5.32 Å². The van der Waals surface area contributed by atoms with Crippen LogP contribution in [-0.2, 0) is 5.54 Å². The highest BCUT2D eigenvalue weighted by Gasteiger charge is 2.39. The van der Waals surface area contributed by atoms with Gasteiger partial charge in [0.1, 0.15) is 0 Å². The molecular weight excluding hydrogens is 346 g/mol. The van der Waals surface area contributed by atoms with Crippen molar-refractivity contribution in [3.63, 3.8) is 0 Å². The van der Waals surface area contributed by atoms with Crippen molar-refractivity contribution in [2.45, 2.75) is 44.6 Å². The monoisotopic (exact) mass is 367 g/mol. The Morgan fingerprint density at radius 1 is 1.00 bits per heavy atom. The van der Waals surface area contributed by atoms with Gasteiger partial charge in [-0.1, -0.05) is 49.1 Å². The Balaban J connectivity index is 1.78. The van der Waals surface area contributed by atoms with Gasteiger partial charge in [-0.25, -0.2) is 0 Å². The average Bonchev–Trinajstić information content (AvgIpc) is 3.15. The molecule has 0 unspecified atom stereocenters. The minimum atomic E-state index is -0.280. The fourth-order valence-electron chi connectivity index (χ4n) is 3.82. The van der Waals surface area contributed by atoms with Crippen molar-refractivity contribution in [3.8, 4) is 5.69 Å². The number of nitrogens with zero attached hydrogens (tertiary/aromatic N) is 4. The van der Waals surface area contributed by atoms with E-state index < -0.39 is 0 Å². The van der Waals surface area contributed by atoms with E-state index in [0.29, 0.717) is 0 Å². The van der Waals surface area contributed by atoms with Gasteiger partial charge in [0.25, 0.3) is 0 Å². The first kappa shape index (κ1) is 17.0. The van der Waals surface area contributed by atoms with Crippen LogP contribution in [0.25, 0.3) is 5.69 Å². The van der Waals surface area contributed by atoms with Crippen molar-refractivity contribution in [1.29, 1.82) is 0 Å². The van der Waals surface area contributed by atoms with Crippen LogP contribution >= 0.6 is 11.6 Å². The fourth-order valence-corrected chi connectivity index (χ4v) is 3.94. The number of rotatable bonds is 4. The lowest BCUT2D eigenvalue weighted by Gasteiger charge is -2.37. The summed E-state index contributed by atoms with van der Waals surface area (Å²) in [6.45, 7) is 2.08. The van der Waals surface area contributed by atoms with Gasteiger partial charge in [0.15, 0.2) is 5.82 Å². The summed E-state index contributed by atoms with van der Waals surface area (Å²) in [7, 11) is 0. The van der Waals surface area contributed by atoms with Crippen LogP contribution in [0.5, 0.6) is 0 Å². The number of hydrogen-bond donors (Lipinski definition) is 1. The third kappa shape index (κ3) is 3.19. The molecule has 3 aromatic rings. The smallest absolute Gasteiger partial charge is 0.181 e. The quantitative estimate of drug-likeness (QED) is 0.712. The number of tetrazole rings is 1. The third-order valence-electron chi connectivity index (χ3n) is 5.18. The largest absolute Gasteiger partial charge is 0.373 e. The van der Waals surface area contributed by atoms with Crippen molar-refractivity contribution in [1.82, 2.24) is 20.2 Å². The van der Waals surface area contributed by atoms with Gasteiger partial charge >= 0.3 is 0 Å². The normalized spacial score (nSPS) is 16.4. The van der Waals surface area contributed by atoms with E-state index in [1.165, 1.54) is 6.42 Å². The molecule has 1 aliphatic rings. The average molecular weight is 368 g/mol. The van der Waals surface area contributed by atoms with Gasteiger partial charge in [-0.3, -0.25) is 0 Å². The van der Waals surface area contributed by atoms with Gasteiger partial charge in [0.2, 0.25) is 0 Å². The Morgan fingerprint density at radius 3 is 2.46 bits per heavy atom. The van der Waals surface area contributed by atoms with E-state index in [1.807, 2.05) is 41.1 Å². The summed E-state index contributed by atoms with van der Waals surface area (Å²) in [5.74, 6) is 0.876. The van der Waals surface area contributed by atoms with Crippen LogP contribution in [0.1, 0.15) is 43.5 Å². The zero-order chi connectivity index (χ0) is 18.0. The van der Waals surface area contributed by atoms with E-state index in [-0.39, 0.29) is 5.54 Å². The zero-order valence-electron chi connectivity index (χ0n) is 14.8. The molecule has 0 aliphatic heterocycles. The van der Waals surface area contributed by atoms with E-state index in [0.717, 1.165) is 53.5 Å². The molecule has 0 atom stereocenters. The molecule has 0 bridgehead atoms. The molecule has 26 heavy (non-hydrogen) atoms. The molecule has 0 amide bonds. The Bertz CT molecular complexity index is 881. The Hall–Kier alpha value is -2.40. The third-order valence-corrected chi connectivity index (χ3v) is 5.43. The molecule has 1 heterocycles. The van der Waals surface area contributed by atoms with Crippen molar-refractivity contribution in [3.05, 3.63) is 64.9 Å². The maximum Gasteiger partial charge on any atom is 0.181 e. The van der Waals surface area contributed by atoms with Gasteiger partial charge in [-0.05, 0) is 66.1 Å². The highest BCUT2D eigenvalue weighted by Crippen LogP contribution is 2.40. The second-order valence-corrected chi connectivity index (χ2v) is 7.41. The highest BCUT2D eigenvalue weighted by molar-refractivity contribution is 6.30. The van der Waals surface area contributed by atoms with Crippen LogP contribution in [-0.4, -0.2) is 20.2 Å². The summed E-state index contributed by atoms with van der Waals surface area (Å²) < 4.78 is 1.89. The first-order valence-electron chi connectivity index (χ1n) is 9.07. The molecule has 1 aromatic heterocycles. The molecule has 0 saturated heterocycles. The topological polar surface area (TPSA) is 55.6 Å². The van der Waals surface area contributed by atoms with Gasteiger partial charge in [0, 0.05) is 10.7 Å². The molecule has 2 aromatic carbocycles. The summed E-state index contributed by atoms with van der Waals surface area (Å²) in [4.78, 5) is 0. The van der Waals surface area contributed by atoms with E-state index in [4.69, 9.17) is 11.6 Å². The summed E-state index contributed by atoms with van der Waals surface area (Å²) in [6, 6.07) is 16.0. The minimum absolute atomic E-state index is 0.280. The number of benzene rings is 2. The molecule has 0 spiro atoms. The molecule has 4 rings (SSSR count). The van der Waals surface area contributed by atoms with Crippen molar-refractivity contribution in [2.24, 2.45) is 0 Å². The number of nitrogens with one attached hydrogen (secondary N) is 1. The first-order valence-corrected chi connectivity index (χ1v) is 9.44. The van der Waals surface area contributed by atoms with Gasteiger partial charge in [-0.2, -0.15) is 4.68 Å². The number of para-hydroxylation sites is 1. The highest BCUT2D eigenvalue weighted by atomic mass is 35.5. The Labute approximate surface area is 158 Å². The lowest BCUT2D eigenvalue weighted by Crippen LogP contribution is -2.40. The van der Waals surface area contributed by atoms with Crippen LogP contribution in [0.15, 0.2) is 48.5 Å². The number of aromatic nitrogens is 4. The standard InChI is InChI=1S/C20H22ClN5/c1-15-7-3-4-8-18(15)26-19(23-24-25-26)20(13-5-2-6-14-20)22-17-11-9-16(21)10-12-17/h3-4,7-12,22H,2,5-6,13-14H2,1H3. The minimum Gasteiger partial charge on any atom is -0.373 e. The maximum atomic E-state index is 6.05. The number of halogens is 1. The summed E-state index contributed by atoms with van der Waals surface area (Å²) >= 11 is 6.05. The lowest BCUT2D eigenvalue weighted by molar-refractivity contribution is 0.309. The molecule has 1 saturated carbocycles. The zero-order valence-corrected chi connectivity index (χ0v) is 15.6. The van der Waals surface area contributed by atoms with Gasteiger partial charge in [-0.15, -0.1) is 5.10 Å². The summed E-state index contributed by atoms with van der Waals surface area (Å²) in [5.41, 5.74) is 2.93. The molecular formula is C20H22ClN5. The van der Waals surface area contributed by atoms with Crippen LogP contribution < -0.4 is 5.32 Å². The van der Waals surface area contributed by atoms with Crippen molar-refractivity contribution >= 4 is 17.3 Å². The summed E-state index contributed by atoms with van der Waals surface area (Å²) in [6.07, 6.45) is 5.56. The lowest BCUT2D eigenvalue weighted by atomic mass is 9.80. The van der Waals surface area contributed by atoms with Crippen LogP contribution in [0, 0.1) is 6.92 Å². The Kier molecular flexibility index (Phi) is 4.64. The second kappa shape index (κ2) is 7.08. The predicted molar refractivity (Wildman–Crippen MR) is 104 cm³/mol. The number of hydrogen-bond acceptors (Lipinski definition) is 4. The molecule has 1 N–H and O–H groups in total. The van der Waals surface area contributed by atoms with Crippen molar-refractivity contribution < 1.29 is 0 Å². The number of aryl methyl sites for hydroxylation is 1.